The lowest BCUT2D eigenvalue weighted by Gasteiger charge is -2.18. The number of amides is 2. The number of aliphatic hydroxyl groups excluding tert-OH is 1. The van der Waals surface area contributed by atoms with Gasteiger partial charge in [-0.15, -0.1) is 0 Å². The Balaban J connectivity index is 3.95. The van der Waals surface area contributed by atoms with Gasteiger partial charge in [-0.25, -0.2) is 4.79 Å². The van der Waals surface area contributed by atoms with E-state index in [1.807, 2.05) is 0 Å². The van der Waals surface area contributed by atoms with Gasteiger partial charge in [0, 0.05) is 12.8 Å². The third-order valence-corrected chi connectivity index (χ3v) is 9.39. The van der Waals surface area contributed by atoms with Gasteiger partial charge in [-0.2, -0.15) is 0 Å². The Hall–Kier alpha value is -2.94. The quantitative estimate of drug-likeness (QED) is 0.0280. The minimum absolute atomic E-state index is 0.0844. The molecule has 9 nitrogen and oxygen atoms in total. The fourth-order valence-corrected chi connectivity index (χ4v) is 6.07. The molecule has 0 aromatic heterocycles. The van der Waals surface area contributed by atoms with Gasteiger partial charge in [0.05, 0.1) is 13.2 Å². The molecular weight excluding hydrogens is 668 g/mol. The van der Waals surface area contributed by atoms with Gasteiger partial charge in [0.15, 0.2) is 0 Å². The third-order valence-electron chi connectivity index (χ3n) is 9.39. The molecule has 0 rings (SSSR count). The van der Waals surface area contributed by atoms with Crippen molar-refractivity contribution in [2.75, 3.05) is 13.2 Å². The van der Waals surface area contributed by atoms with Gasteiger partial charge >= 0.3 is 11.9 Å². The summed E-state index contributed by atoms with van der Waals surface area (Å²) in [5, 5.41) is 22.5. The van der Waals surface area contributed by atoms with E-state index in [-0.39, 0.29) is 30.9 Å². The molecule has 0 saturated carbocycles. The summed E-state index contributed by atoms with van der Waals surface area (Å²) in [7, 11) is 0. The normalized spacial score (nSPS) is 12.8. The first kappa shape index (κ1) is 50.1. The molecule has 2 atom stereocenters. The van der Waals surface area contributed by atoms with Gasteiger partial charge < -0.3 is 25.6 Å². The topological polar surface area (TPSA) is 142 Å². The van der Waals surface area contributed by atoms with E-state index in [2.05, 4.69) is 60.9 Å². The number of hydrogen-bond acceptors (Lipinski definition) is 6. The summed E-state index contributed by atoms with van der Waals surface area (Å²) < 4.78 is 5.90. The zero-order valence-corrected chi connectivity index (χ0v) is 33.8. The van der Waals surface area contributed by atoms with E-state index < -0.39 is 24.5 Å². The van der Waals surface area contributed by atoms with Gasteiger partial charge in [-0.1, -0.05) is 140 Å². The minimum atomic E-state index is -1.39. The second-order valence-corrected chi connectivity index (χ2v) is 14.4. The number of allylic oxidation sites excluding steroid dienone is 6. The Morgan fingerprint density at radius 1 is 0.566 bits per heavy atom. The molecule has 0 aromatic rings. The lowest BCUT2D eigenvalue weighted by molar-refractivity contribution is -0.150. The number of rotatable bonds is 38. The average Bonchev–Trinajstić information content (AvgIpc) is 3.14. The van der Waals surface area contributed by atoms with Crippen LogP contribution in [0.1, 0.15) is 194 Å². The van der Waals surface area contributed by atoms with E-state index in [1.54, 1.807) is 0 Å². The van der Waals surface area contributed by atoms with Crippen molar-refractivity contribution in [2.24, 2.45) is 0 Å². The highest BCUT2D eigenvalue weighted by atomic mass is 16.5. The summed E-state index contributed by atoms with van der Waals surface area (Å²) in [5.41, 5.74) is 0. The van der Waals surface area contributed by atoms with Crippen molar-refractivity contribution in [3.8, 4) is 0 Å². The van der Waals surface area contributed by atoms with E-state index in [9.17, 15) is 19.2 Å². The number of carboxylic acids is 1. The molecule has 0 heterocycles. The molecule has 9 heteroatoms. The maximum absolute atomic E-state index is 12.6. The monoisotopic (exact) mass is 747 g/mol. The van der Waals surface area contributed by atoms with E-state index >= 15 is 0 Å². The predicted octanol–water partition coefficient (Wildman–Crippen LogP) is 10.2. The van der Waals surface area contributed by atoms with E-state index in [1.165, 1.54) is 77.0 Å². The summed E-state index contributed by atoms with van der Waals surface area (Å²) in [6.07, 6.45) is 43.5. The van der Waals surface area contributed by atoms with Crippen LogP contribution in [0.15, 0.2) is 36.5 Å². The summed E-state index contributed by atoms with van der Waals surface area (Å²) in [6, 6.07) is -1.39. The highest BCUT2D eigenvalue weighted by molar-refractivity contribution is 5.87. The van der Waals surface area contributed by atoms with Crippen LogP contribution < -0.4 is 10.6 Å². The SMILES string of the molecule is CCCCCCC/C=C\C/C=C\C/C=C\CCCCCCCCCCC(=O)OC(CCCCCC)CCCCCC(=O)NCC(=O)NC(CO)C(=O)O. The molecule has 0 spiro atoms. The standard InChI is InChI=1S/C44H78N2O7/c1-3-5-7-9-10-11-12-13-14-15-16-17-18-19-20-21-22-23-24-25-26-27-32-36-43(50)53-39(33-29-8-6-4-2)34-30-28-31-35-41(48)45-37-42(49)46-40(38-47)44(51)52/h12-13,15-16,18-19,39-40,47H,3-11,14,17,20-38H2,1-2H3,(H,45,48)(H,46,49)(H,51,52)/b13-12-,16-15-,19-18-. The zero-order valence-electron chi connectivity index (χ0n) is 33.8. The van der Waals surface area contributed by atoms with Crippen molar-refractivity contribution in [2.45, 2.75) is 206 Å². The molecule has 2 unspecified atom stereocenters. The number of nitrogens with one attached hydrogen (secondary N) is 2. The number of carbonyl (C=O) groups is 4. The molecule has 306 valence electrons. The van der Waals surface area contributed by atoms with Gasteiger partial charge in [0.25, 0.3) is 0 Å². The molecule has 0 aliphatic rings. The van der Waals surface area contributed by atoms with Crippen molar-refractivity contribution >= 4 is 23.8 Å². The number of carboxylic acid groups (broad SMARTS) is 1. The lowest BCUT2D eigenvalue weighted by atomic mass is 10.0. The Labute approximate surface area is 323 Å². The molecule has 0 radical (unpaired) electrons. The Bertz CT molecular complexity index is 994. The molecule has 0 fully saturated rings. The second-order valence-electron chi connectivity index (χ2n) is 14.4. The number of carbonyl (C=O) groups excluding carboxylic acids is 3. The molecule has 0 aromatic carbocycles. The largest absolute Gasteiger partial charge is 0.480 e. The first-order valence-corrected chi connectivity index (χ1v) is 21.4. The number of ether oxygens (including phenoxy) is 1. The maximum Gasteiger partial charge on any atom is 0.328 e. The van der Waals surface area contributed by atoms with Crippen molar-refractivity contribution in [3.63, 3.8) is 0 Å². The lowest BCUT2D eigenvalue weighted by Crippen LogP contribution is -2.47. The van der Waals surface area contributed by atoms with Crippen LogP contribution in [0.2, 0.25) is 0 Å². The first-order chi connectivity index (χ1) is 25.8. The Morgan fingerprint density at radius 3 is 1.55 bits per heavy atom. The van der Waals surface area contributed by atoms with Gasteiger partial charge in [0.2, 0.25) is 11.8 Å². The summed E-state index contributed by atoms with van der Waals surface area (Å²) in [6.45, 7) is 3.38. The molecule has 2 amide bonds. The van der Waals surface area contributed by atoms with Crippen molar-refractivity contribution in [3.05, 3.63) is 36.5 Å². The van der Waals surface area contributed by atoms with Crippen LogP contribution in [0.25, 0.3) is 0 Å². The Morgan fingerprint density at radius 2 is 1.02 bits per heavy atom. The van der Waals surface area contributed by atoms with Crippen LogP contribution in [0.4, 0.5) is 0 Å². The van der Waals surface area contributed by atoms with Crippen LogP contribution in [0.3, 0.4) is 0 Å². The molecule has 0 bridgehead atoms. The zero-order chi connectivity index (χ0) is 39.0. The number of esters is 1. The molecule has 0 aliphatic carbocycles. The number of unbranched alkanes of at least 4 members (excludes halogenated alkanes) is 18. The average molecular weight is 747 g/mol. The maximum atomic E-state index is 12.6. The third kappa shape index (κ3) is 35.8. The second kappa shape index (κ2) is 38.8. The summed E-state index contributed by atoms with van der Waals surface area (Å²) in [5.74, 6) is -2.39. The van der Waals surface area contributed by atoms with E-state index in [0.717, 1.165) is 83.5 Å². The van der Waals surface area contributed by atoms with Gasteiger partial charge in [0.1, 0.15) is 12.1 Å². The molecular formula is C44H78N2O7. The fourth-order valence-electron chi connectivity index (χ4n) is 6.07. The highest BCUT2D eigenvalue weighted by Gasteiger charge is 2.19. The van der Waals surface area contributed by atoms with Crippen LogP contribution in [-0.4, -0.2) is 59.3 Å². The van der Waals surface area contributed by atoms with E-state index in [4.69, 9.17) is 14.9 Å². The predicted molar refractivity (Wildman–Crippen MR) is 218 cm³/mol. The van der Waals surface area contributed by atoms with Gasteiger partial charge in [-0.05, 0) is 77.0 Å². The summed E-state index contributed by atoms with van der Waals surface area (Å²) >= 11 is 0. The number of aliphatic carboxylic acids is 1. The molecule has 0 saturated heterocycles. The van der Waals surface area contributed by atoms with Crippen molar-refractivity contribution in [1.82, 2.24) is 10.6 Å². The first-order valence-electron chi connectivity index (χ1n) is 21.4. The van der Waals surface area contributed by atoms with Crippen LogP contribution >= 0.6 is 0 Å². The van der Waals surface area contributed by atoms with Crippen LogP contribution in [0.5, 0.6) is 0 Å². The molecule has 53 heavy (non-hydrogen) atoms. The Kier molecular flexibility index (Phi) is 36.6. The number of hydrogen-bond donors (Lipinski definition) is 4. The van der Waals surface area contributed by atoms with Crippen molar-refractivity contribution < 1.29 is 34.1 Å². The van der Waals surface area contributed by atoms with Crippen LogP contribution in [-0.2, 0) is 23.9 Å². The highest BCUT2D eigenvalue weighted by Crippen LogP contribution is 2.18. The molecule has 4 N–H and O–H groups in total. The number of aliphatic hydroxyl groups is 1. The molecule has 0 aliphatic heterocycles. The van der Waals surface area contributed by atoms with Gasteiger partial charge in [-0.3, -0.25) is 14.4 Å². The van der Waals surface area contributed by atoms with Crippen LogP contribution in [0, 0.1) is 0 Å². The summed E-state index contributed by atoms with van der Waals surface area (Å²) in [4.78, 5) is 47.4. The minimum Gasteiger partial charge on any atom is -0.480 e. The smallest absolute Gasteiger partial charge is 0.328 e. The van der Waals surface area contributed by atoms with E-state index in [0.29, 0.717) is 12.8 Å². The van der Waals surface area contributed by atoms with Crippen molar-refractivity contribution in [1.29, 1.82) is 0 Å². The fraction of sp³-hybridized carbons (Fsp3) is 0.773.